The van der Waals surface area contributed by atoms with Gasteiger partial charge in [-0.25, -0.2) is 0 Å². The van der Waals surface area contributed by atoms with Crippen molar-refractivity contribution in [2.75, 3.05) is 13.1 Å². The van der Waals surface area contributed by atoms with E-state index in [-0.39, 0.29) is 1.43 Å². The van der Waals surface area contributed by atoms with Crippen molar-refractivity contribution in [2.24, 2.45) is 5.92 Å². The summed E-state index contributed by atoms with van der Waals surface area (Å²) in [6, 6.07) is 0. The van der Waals surface area contributed by atoms with Crippen molar-refractivity contribution in [3.63, 3.8) is 0 Å². The predicted molar refractivity (Wildman–Crippen MR) is 54.0 cm³/mol. The lowest BCUT2D eigenvalue weighted by molar-refractivity contribution is 0.302. The summed E-state index contributed by atoms with van der Waals surface area (Å²) in [5, 5.41) is 3.44. The SMILES string of the molecule is CC.CCCNCC1CCC1.[HH]. The van der Waals surface area contributed by atoms with Gasteiger partial charge in [0.25, 0.3) is 0 Å². The first-order valence-electron chi connectivity index (χ1n) is 5.14. The van der Waals surface area contributed by atoms with Crippen molar-refractivity contribution < 1.29 is 1.43 Å². The molecule has 1 saturated carbocycles. The van der Waals surface area contributed by atoms with Crippen molar-refractivity contribution in [1.29, 1.82) is 0 Å². The van der Waals surface area contributed by atoms with Crippen LogP contribution in [-0.4, -0.2) is 13.1 Å². The molecule has 0 atom stereocenters. The Hall–Kier alpha value is -0.0400. The number of rotatable bonds is 4. The third-order valence-electron chi connectivity index (χ3n) is 2.08. The van der Waals surface area contributed by atoms with Crippen LogP contribution >= 0.6 is 0 Å². The van der Waals surface area contributed by atoms with Gasteiger partial charge in [0, 0.05) is 1.43 Å². The summed E-state index contributed by atoms with van der Waals surface area (Å²) >= 11 is 0. The van der Waals surface area contributed by atoms with Crippen LogP contribution in [-0.2, 0) is 0 Å². The van der Waals surface area contributed by atoms with E-state index >= 15 is 0 Å². The molecular weight excluding hydrogens is 134 g/mol. The van der Waals surface area contributed by atoms with Crippen molar-refractivity contribution in [2.45, 2.75) is 46.5 Å². The van der Waals surface area contributed by atoms with Gasteiger partial charge in [0.1, 0.15) is 0 Å². The van der Waals surface area contributed by atoms with Gasteiger partial charge in [0.15, 0.2) is 0 Å². The molecule has 0 aliphatic heterocycles. The van der Waals surface area contributed by atoms with E-state index in [1.54, 1.807) is 0 Å². The second-order valence-corrected chi connectivity index (χ2v) is 3.00. The Morgan fingerprint density at radius 3 is 2.36 bits per heavy atom. The zero-order valence-electron chi connectivity index (χ0n) is 8.32. The first-order valence-corrected chi connectivity index (χ1v) is 5.14. The molecule has 0 aromatic rings. The normalized spacial score (nSPS) is 16.6. The number of hydrogen-bond acceptors (Lipinski definition) is 1. The molecule has 1 aliphatic carbocycles. The van der Waals surface area contributed by atoms with Gasteiger partial charge in [-0.1, -0.05) is 27.2 Å². The molecule has 0 aromatic carbocycles. The molecule has 0 spiro atoms. The van der Waals surface area contributed by atoms with Gasteiger partial charge in [-0.05, 0) is 38.3 Å². The van der Waals surface area contributed by atoms with Crippen molar-refractivity contribution >= 4 is 0 Å². The lowest BCUT2D eigenvalue weighted by Gasteiger charge is -2.25. The minimum Gasteiger partial charge on any atom is -0.316 e. The Labute approximate surface area is 73.1 Å². The number of nitrogens with one attached hydrogen (secondary N) is 1. The zero-order chi connectivity index (χ0) is 8.53. The molecule has 70 valence electrons. The van der Waals surface area contributed by atoms with E-state index < -0.39 is 0 Å². The molecule has 0 amide bonds. The van der Waals surface area contributed by atoms with Gasteiger partial charge in [-0.2, -0.15) is 0 Å². The van der Waals surface area contributed by atoms with Gasteiger partial charge < -0.3 is 5.32 Å². The third-order valence-corrected chi connectivity index (χ3v) is 2.08. The molecule has 1 N–H and O–H groups in total. The fourth-order valence-electron chi connectivity index (χ4n) is 1.18. The number of hydrogen-bond donors (Lipinski definition) is 1. The van der Waals surface area contributed by atoms with Crippen LogP contribution in [0.4, 0.5) is 0 Å². The second kappa shape index (κ2) is 8.06. The molecule has 0 aromatic heterocycles. The standard InChI is InChI=1S/C8H17N.C2H6.H2/c1-2-6-9-7-8-4-3-5-8;1-2;/h8-9H,2-7H2,1H3;1-2H3;1H. The van der Waals surface area contributed by atoms with Crippen LogP contribution in [0.1, 0.15) is 47.9 Å². The summed E-state index contributed by atoms with van der Waals surface area (Å²) in [6.45, 7) is 8.69. The highest BCUT2D eigenvalue weighted by atomic mass is 14.9. The van der Waals surface area contributed by atoms with E-state index in [4.69, 9.17) is 0 Å². The molecule has 1 fully saturated rings. The maximum atomic E-state index is 3.44. The Morgan fingerprint density at radius 1 is 1.36 bits per heavy atom. The van der Waals surface area contributed by atoms with Gasteiger partial charge >= 0.3 is 0 Å². The van der Waals surface area contributed by atoms with Crippen LogP contribution in [0.15, 0.2) is 0 Å². The molecule has 0 unspecified atom stereocenters. The van der Waals surface area contributed by atoms with Gasteiger partial charge in [-0.15, -0.1) is 0 Å². The summed E-state index contributed by atoms with van der Waals surface area (Å²) in [5.41, 5.74) is 0. The molecule has 0 saturated heterocycles. The van der Waals surface area contributed by atoms with Crippen LogP contribution < -0.4 is 5.32 Å². The highest BCUT2D eigenvalue weighted by Crippen LogP contribution is 2.24. The van der Waals surface area contributed by atoms with Crippen molar-refractivity contribution in [3.8, 4) is 0 Å². The highest BCUT2D eigenvalue weighted by molar-refractivity contribution is 4.71. The van der Waals surface area contributed by atoms with E-state index in [2.05, 4.69) is 12.2 Å². The zero-order valence-corrected chi connectivity index (χ0v) is 8.32. The summed E-state index contributed by atoms with van der Waals surface area (Å²) in [6.07, 6.45) is 5.68. The van der Waals surface area contributed by atoms with Crippen LogP contribution in [0.25, 0.3) is 0 Å². The largest absolute Gasteiger partial charge is 0.316 e. The Morgan fingerprint density at radius 2 is 2.00 bits per heavy atom. The van der Waals surface area contributed by atoms with Crippen LogP contribution in [0, 0.1) is 5.92 Å². The second-order valence-electron chi connectivity index (χ2n) is 3.00. The Balaban J connectivity index is 0. The molecule has 1 heteroatoms. The lowest BCUT2D eigenvalue weighted by atomic mass is 9.85. The van der Waals surface area contributed by atoms with E-state index in [0.29, 0.717) is 0 Å². The summed E-state index contributed by atoms with van der Waals surface area (Å²) < 4.78 is 0. The maximum absolute atomic E-state index is 3.44. The van der Waals surface area contributed by atoms with Crippen LogP contribution in [0.5, 0.6) is 0 Å². The first-order chi connectivity index (χ1) is 5.43. The van der Waals surface area contributed by atoms with E-state index in [9.17, 15) is 0 Å². The quantitative estimate of drug-likeness (QED) is 0.622. The van der Waals surface area contributed by atoms with E-state index in [1.807, 2.05) is 13.8 Å². The lowest BCUT2D eigenvalue weighted by Crippen LogP contribution is -2.27. The Kier molecular flexibility index (Phi) is 8.03. The van der Waals surface area contributed by atoms with E-state index in [0.717, 1.165) is 5.92 Å². The Bertz CT molecular complexity index is 72.2. The van der Waals surface area contributed by atoms with Gasteiger partial charge in [0.2, 0.25) is 0 Å². The fraction of sp³-hybridized carbons (Fsp3) is 1.00. The summed E-state index contributed by atoms with van der Waals surface area (Å²) in [4.78, 5) is 0. The minimum absolute atomic E-state index is 0. The average Bonchev–Trinajstić information content (AvgIpc) is 1.99. The molecule has 0 radical (unpaired) electrons. The molecule has 11 heavy (non-hydrogen) atoms. The van der Waals surface area contributed by atoms with Crippen LogP contribution in [0.2, 0.25) is 0 Å². The topological polar surface area (TPSA) is 12.0 Å². The first kappa shape index (κ1) is 11.0. The highest BCUT2D eigenvalue weighted by Gasteiger charge is 2.15. The molecule has 0 bridgehead atoms. The van der Waals surface area contributed by atoms with E-state index in [1.165, 1.54) is 38.8 Å². The molecule has 1 nitrogen and oxygen atoms in total. The monoisotopic (exact) mass is 159 g/mol. The molecule has 0 heterocycles. The minimum atomic E-state index is 0. The smallest absolute Gasteiger partial charge is 0 e. The molecule has 1 rings (SSSR count). The van der Waals surface area contributed by atoms with Crippen molar-refractivity contribution in [1.82, 2.24) is 5.32 Å². The summed E-state index contributed by atoms with van der Waals surface area (Å²) in [7, 11) is 0. The fourth-order valence-corrected chi connectivity index (χ4v) is 1.18. The predicted octanol–water partition coefficient (Wildman–Crippen LogP) is 3.06. The van der Waals surface area contributed by atoms with Crippen molar-refractivity contribution in [3.05, 3.63) is 0 Å². The van der Waals surface area contributed by atoms with Gasteiger partial charge in [-0.3, -0.25) is 0 Å². The van der Waals surface area contributed by atoms with Crippen LogP contribution in [0.3, 0.4) is 0 Å². The average molecular weight is 159 g/mol. The molecular formula is C10H25N. The van der Waals surface area contributed by atoms with Gasteiger partial charge in [0.05, 0.1) is 0 Å². The third kappa shape index (κ3) is 5.25. The maximum Gasteiger partial charge on any atom is 0 e. The summed E-state index contributed by atoms with van der Waals surface area (Å²) in [5.74, 6) is 1.02. The molecule has 1 aliphatic rings.